The minimum absolute atomic E-state index is 0.0693. The fourth-order valence-electron chi connectivity index (χ4n) is 1.54. The van der Waals surface area contributed by atoms with Crippen LogP contribution in [0.25, 0.3) is 10.8 Å². The zero-order valence-corrected chi connectivity index (χ0v) is 8.13. The van der Waals surface area contributed by atoms with E-state index in [1.165, 1.54) is 0 Å². The first-order chi connectivity index (χ1) is 6.70. The summed E-state index contributed by atoms with van der Waals surface area (Å²) in [5, 5.41) is 1.95. The lowest BCUT2D eigenvalue weighted by molar-refractivity contribution is 0.415. The van der Waals surface area contributed by atoms with Crippen LogP contribution in [0.1, 0.15) is 5.69 Å². The average molecular weight is 189 g/mol. The number of pyridine rings is 1. The zero-order chi connectivity index (χ0) is 10.1. The summed E-state index contributed by atoms with van der Waals surface area (Å²) in [6.07, 6.45) is 0. The smallest absolute Gasteiger partial charge is 0.248 e. The summed E-state index contributed by atoms with van der Waals surface area (Å²) in [4.78, 5) is 13.9. The standard InChI is InChI=1S/C11H11NO2/c1-7-10-6-9(14-2)4-3-8(10)5-11(13)12-7/h3-6H,1-2H3,(H,12,13). The number of nitrogens with one attached hydrogen (secondary N) is 1. The van der Waals surface area contributed by atoms with Crippen LogP contribution in [0, 0.1) is 6.92 Å². The van der Waals surface area contributed by atoms with E-state index in [1.807, 2.05) is 25.1 Å². The van der Waals surface area contributed by atoms with Gasteiger partial charge in [-0.3, -0.25) is 4.79 Å². The Morgan fingerprint density at radius 3 is 2.79 bits per heavy atom. The van der Waals surface area contributed by atoms with Crippen molar-refractivity contribution >= 4 is 10.8 Å². The van der Waals surface area contributed by atoms with Gasteiger partial charge in [-0.15, -0.1) is 0 Å². The molecule has 0 amide bonds. The summed E-state index contributed by atoms with van der Waals surface area (Å²) < 4.78 is 5.12. The molecular weight excluding hydrogens is 178 g/mol. The Kier molecular flexibility index (Phi) is 2.00. The molecule has 0 unspecified atom stereocenters. The van der Waals surface area contributed by atoms with Crippen LogP contribution >= 0.6 is 0 Å². The van der Waals surface area contributed by atoms with Crippen molar-refractivity contribution in [1.82, 2.24) is 4.98 Å². The van der Waals surface area contributed by atoms with Crippen LogP contribution in [0.5, 0.6) is 5.75 Å². The summed E-state index contributed by atoms with van der Waals surface area (Å²) in [5.41, 5.74) is 0.798. The van der Waals surface area contributed by atoms with E-state index in [0.29, 0.717) is 0 Å². The molecule has 2 rings (SSSR count). The monoisotopic (exact) mass is 189 g/mol. The molecule has 2 aromatic rings. The molecule has 0 fully saturated rings. The fourth-order valence-corrected chi connectivity index (χ4v) is 1.54. The molecule has 14 heavy (non-hydrogen) atoms. The van der Waals surface area contributed by atoms with Gasteiger partial charge in [-0.2, -0.15) is 0 Å². The van der Waals surface area contributed by atoms with Crippen molar-refractivity contribution in [2.45, 2.75) is 6.92 Å². The van der Waals surface area contributed by atoms with Gasteiger partial charge in [0, 0.05) is 17.1 Å². The van der Waals surface area contributed by atoms with Crippen LogP contribution in [0.2, 0.25) is 0 Å². The first-order valence-electron chi connectivity index (χ1n) is 4.38. The topological polar surface area (TPSA) is 42.1 Å². The third-order valence-electron chi connectivity index (χ3n) is 2.26. The van der Waals surface area contributed by atoms with Gasteiger partial charge in [0.25, 0.3) is 0 Å². The van der Waals surface area contributed by atoms with E-state index in [1.54, 1.807) is 13.2 Å². The Morgan fingerprint density at radius 1 is 1.29 bits per heavy atom. The number of H-pyrrole nitrogens is 1. The maximum atomic E-state index is 11.2. The molecule has 1 aromatic heterocycles. The molecule has 1 heterocycles. The van der Waals surface area contributed by atoms with Crippen LogP contribution in [0.15, 0.2) is 29.1 Å². The largest absolute Gasteiger partial charge is 0.497 e. The van der Waals surface area contributed by atoms with E-state index in [4.69, 9.17) is 4.74 Å². The van der Waals surface area contributed by atoms with E-state index in [9.17, 15) is 4.79 Å². The fraction of sp³-hybridized carbons (Fsp3) is 0.182. The van der Waals surface area contributed by atoms with E-state index < -0.39 is 0 Å². The van der Waals surface area contributed by atoms with Gasteiger partial charge in [-0.05, 0) is 24.4 Å². The molecule has 1 aromatic carbocycles. The number of hydrogen-bond donors (Lipinski definition) is 1. The third kappa shape index (κ3) is 1.37. The Labute approximate surface area is 81.3 Å². The van der Waals surface area contributed by atoms with Gasteiger partial charge in [-0.1, -0.05) is 6.07 Å². The van der Waals surface area contributed by atoms with Crippen molar-refractivity contribution in [3.05, 3.63) is 40.3 Å². The predicted octanol–water partition coefficient (Wildman–Crippen LogP) is 1.85. The summed E-state index contributed by atoms with van der Waals surface area (Å²) in [5.74, 6) is 0.799. The zero-order valence-electron chi connectivity index (χ0n) is 8.13. The highest BCUT2D eigenvalue weighted by atomic mass is 16.5. The number of fused-ring (bicyclic) bond motifs is 1. The van der Waals surface area contributed by atoms with Crippen molar-refractivity contribution in [1.29, 1.82) is 0 Å². The molecule has 3 heteroatoms. The Morgan fingerprint density at radius 2 is 2.07 bits per heavy atom. The normalized spacial score (nSPS) is 10.4. The van der Waals surface area contributed by atoms with Gasteiger partial charge in [0.05, 0.1) is 7.11 Å². The number of methoxy groups -OCH3 is 1. The van der Waals surface area contributed by atoms with Crippen molar-refractivity contribution < 1.29 is 4.74 Å². The summed E-state index contributed by atoms with van der Waals surface area (Å²) >= 11 is 0. The SMILES string of the molecule is COc1ccc2cc(=O)[nH]c(C)c2c1. The van der Waals surface area contributed by atoms with Crippen molar-refractivity contribution in [2.24, 2.45) is 0 Å². The molecule has 0 saturated carbocycles. The number of aromatic nitrogens is 1. The number of rotatable bonds is 1. The van der Waals surface area contributed by atoms with Crippen molar-refractivity contribution in [3.8, 4) is 5.75 Å². The van der Waals surface area contributed by atoms with Gasteiger partial charge >= 0.3 is 0 Å². The maximum Gasteiger partial charge on any atom is 0.248 e. The molecule has 0 saturated heterocycles. The first kappa shape index (κ1) is 8.81. The molecule has 0 spiro atoms. The molecule has 0 bridgehead atoms. The first-order valence-corrected chi connectivity index (χ1v) is 4.38. The van der Waals surface area contributed by atoms with Crippen LogP contribution in [0.3, 0.4) is 0 Å². The van der Waals surface area contributed by atoms with Gasteiger partial charge in [0.1, 0.15) is 5.75 Å². The third-order valence-corrected chi connectivity index (χ3v) is 2.26. The summed E-state index contributed by atoms with van der Waals surface area (Å²) in [6, 6.07) is 7.24. The Bertz CT molecular complexity index is 528. The minimum Gasteiger partial charge on any atom is -0.497 e. The van der Waals surface area contributed by atoms with Gasteiger partial charge in [0.15, 0.2) is 0 Å². The quantitative estimate of drug-likeness (QED) is 0.743. The van der Waals surface area contributed by atoms with E-state index in [0.717, 1.165) is 22.2 Å². The number of aryl methyl sites for hydroxylation is 1. The molecule has 0 aliphatic carbocycles. The highest BCUT2D eigenvalue weighted by molar-refractivity contribution is 5.85. The molecule has 72 valence electrons. The van der Waals surface area contributed by atoms with Gasteiger partial charge in [-0.25, -0.2) is 0 Å². The Balaban J connectivity index is 2.82. The number of aromatic amines is 1. The van der Waals surface area contributed by atoms with Crippen LogP contribution in [-0.4, -0.2) is 12.1 Å². The minimum atomic E-state index is -0.0693. The van der Waals surface area contributed by atoms with Crippen LogP contribution in [-0.2, 0) is 0 Å². The summed E-state index contributed by atoms with van der Waals surface area (Å²) in [6.45, 7) is 1.88. The second-order valence-corrected chi connectivity index (χ2v) is 3.21. The molecule has 3 nitrogen and oxygen atoms in total. The lowest BCUT2D eigenvalue weighted by atomic mass is 10.1. The van der Waals surface area contributed by atoms with Crippen molar-refractivity contribution in [2.75, 3.05) is 7.11 Å². The van der Waals surface area contributed by atoms with Crippen LogP contribution in [0.4, 0.5) is 0 Å². The molecule has 0 atom stereocenters. The van der Waals surface area contributed by atoms with Crippen molar-refractivity contribution in [3.63, 3.8) is 0 Å². The second-order valence-electron chi connectivity index (χ2n) is 3.21. The number of benzene rings is 1. The van der Waals surface area contributed by atoms with Crippen LogP contribution < -0.4 is 10.3 Å². The highest BCUT2D eigenvalue weighted by Crippen LogP contribution is 2.20. The molecular formula is C11H11NO2. The molecule has 1 N–H and O–H groups in total. The number of ether oxygens (including phenoxy) is 1. The predicted molar refractivity (Wildman–Crippen MR) is 55.9 cm³/mol. The molecule has 0 aliphatic heterocycles. The Hall–Kier alpha value is -1.77. The van der Waals surface area contributed by atoms with Gasteiger partial charge < -0.3 is 9.72 Å². The van der Waals surface area contributed by atoms with E-state index in [2.05, 4.69) is 4.98 Å². The average Bonchev–Trinajstić information content (AvgIpc) is 2.17. The molecule has 0 radical (unpaired) electrons. The maximum absolute atomic E-state index is 11.2. The highest BCUT2D eigenvalue weighted by Gasteiger charge is 2.00. The lowest BCUT2D eigenvalue weighted by Gasteiger charge is -2.04. The van der Waals surface area contributed by atoms with E-state index in [-0.39, 0.29) is 5.56 Å². The van der Waals surface area contributed by atoms with Gasteiger partial charge in [0.2, 0.25) is 5.56 Å². The molecule has 0 aliphatic rings. The summed E-state index contributed by atoms with van der Waals surface area (Å²) in [7, 11) is 1.63. The number of hydrogen-bond acceptors (Lipinski definition) is 2. The lowest BCUT2D eigenvalue weighted by Crippen LogP contribution is -2.05. The second kappa shape index (κ2) is 3.18. The van der Waals surface area contributed by atoms with E-state index >= 15 is 0 Å².